The molecule has 1 saturated heterocycles. The zero-order valence-electron chi connectivity index (χ0n) is 16.4. The molecule has 1 aliphatic rings. The van der Waals surface area contributed by atoms with Crippen molar-refractivity contribution in [1.82, 2.24) is 9.21 Å². The van der Waals surface area contributed by atoms with Crippen LogP contribution in [0.3, 0.4) is 0 Å². The fraction of sp³-hybridized carbons (Fsp3) is 0.300. The molecule has 1 heterocycles. The van der Waals surface area contributed by atoms with E-state index >= 15 is 0 Å². The number of nitrogens with one attached hydrogen (secondary N) is 1. The van der Waals surface area contributed by atoms with Gasteiger partial charge in [0.25, 0.3) is 11.8 Å². The Hall–Kier alpha value is -2.62. The number of hydrogen-bond acceptors (Lipinski definition) is 5. The minimum absolute atomic E-state index is 0.209. The summed E-state index contributed by atoms with van der Waals surface area (Å²) in [6.45, 7) is 0.799. The molecule has 0 aromatic heterocycles. The molecule has 10 heteroatoms. The first-order valence-electron chi connectivity index (χ1n) is 9.25. The Labute approximate surface area is 180 Å². The van der Waals surface area contributed by atoms with Crippen molar-refractivity contribution in [3.05, 3.63) is 59.1 Å². The molecule has 2 aromatic carbocycles. The fourth-order valence-corrected chi connectivity index (χ4v) is 4.02. The predicted octanol–water partition coefficient (Wildman–Crippen LogP) is 2.07. The summed E-state index contributed by atoms with van der Waals surface area (Å²) in [7, 11) is -3.27. The lowest BCUT2D eigenvalue weighted by Crippen LogP contribution is -2.51. The second kappa shape index (κ2) is 9.46. The van der Waals surface area contributed by atoms with Gasteiger partial charge in [-0.05, 0) is 30.3 Å². The summed E-state index contributed by atoms with van der Waals surface area (Å²) >= 11 is 6.03. The summed E-state index contributed by atoms with van der Waals surface area (Å²) in [6.07, 6.45) is 1.15. The maximum Gasteiger partial charge on any atom is 0.260 e. The van der Waals surface area contributed by atoms with Gasteiger partial charge in [-0.3, -0.25) is 9.59 Å². The predicted molar refractivity (Wildman–Crippen MR) is 114 cm³/mol. The van der Waals surface area contributed by atoms with E-state index in [1.165, 1.54) is 16.4 Å². The number of sulfonamides is 1. The molecule has 1 fully saturated rings. The highest BCUT2D eigenvalue weighted by molar-refractivity contribution is 7.88. The van der Waals surface area contributed by atoms with E-state index in [1.54, 1.807) is 35.2 Å². The third-order valence-corrected chi connectivity index (χ3v) is 6.17. The smallest absolute Gasteiger partial charge is 0.260 e. The Morgan fingerprint density at radius 2 is 1.73 bits per heavy atom. The van der Waals surface area contributed by atoms with Gasteiger partial charge in [0.15, 0.2) is 6.61 Å². The Morgan fingerprint density at radius 1 is 1.07 bits per heavy atom. The number of anilines is 1. The van der Waals surface area contributed by atoms with Crippen LogP contribution in [0.2, 0.25) is 5.02 Å². The highest BCUT2D eigenvalue weighted by atomic mass is 35.5. The van der Waals surface area contributed by atoms with Crippen molar-refractivity contribution < 1.29 is 22.7 Å². The van der Waals surface area contributed by atoms with Gasteiger partial charge >= 0.3 is 0 Å². The largest absolute Gasteiger partial charge is 0.483 e. The Balaban J connectivity index is 1.63. The van der Waals surface area contributed by atoms with E-state index in [0.29, 0.717) is 10.7 Å². The first-order valence-corrected chi connectivity index (χ1v) is 11.5. The van der Waals surface area contributed by atoms with Crippen molar-refractivity contribution in [3.63, 3.8) is 0 Å². The Kier molecular flexibility index (Phi) is 6.96. The molecule has 8 nitrogen and oxygen atoms in total. The molecule has 0 saturated carbocycles. The Bertz CT molecular complexity index is 1020. The summed E-state index contributed by atoms with van der Waals surface area (Å²) in [5, 5.41) is 3.13. The van der Waals surface area contributed by atoms with Crippen molar-refractivity contribution in [2.75, 3.05) is 44.4 Å². The summed E-state index contributed by atoms with van der Waals surface area (Å²) in [5.41, 5.74) is 0.828. The highest BCUT2D eigenvalue weighted by Crippen LogP contribution is 2.24. The fourth-order valence-electron chi connectivity index (χ4n) is 3.03. The van der Waals surface area contributed by atoms with E-state index in [9.17, 15) is 18.0 Å². The van der Waals surface area contributed by atoms with Gasteiger partial charge in [0.2, 0.25) is 10.0 Å². The summed E-state index contributed by atoms with van der Waals surface area (Å²) < 4.78 is 30.1. The van der Waals surface area contributed by atoms with Gasteiger partial charge < -0.3 is 15.0 Å². The van der Waals surface area contributed by atoms with Gasteiger partial charge in [0, 0.05) is 36.9 Å². The molecule has 2 amide bonds. The number of nitrogens with zero attached hydrogens (tertiary/aromatic N) is 2. The van der Waals surface area contributed by atoms with E-state index in [4.69, 9.17) is 16.3 Å². The third kappa shape index (κ3) is 5.71. The van der Waals surface area contributed by atoms with Crippen LogP contribution in [0.25, 0.3) is 0 Å². The number of halogens is 1. The van der Waals surface area contributed by atoms with Crippen LogP contribution < -0.4 is 10.1 Å². The van der Waals surface area contributed by atoms with Crippen molar-refractivity contribution in [2.24, 2.45) is 0 Å². The van der Waals surface area contributed by atoms with E-state index in [0.717, 1.165) is 6.26 Å². The summed E-state index contributed by atoms with van der Waals surface area (Å²) in [4.78, 5) is 26.7. The van der Waals surface area contributed by atoms with Crippen LogP contribution in [-0.4, -0.2) is 68.5 Å². The van der Waals surface area contributed by atoms with E-state index in [1.807, 2.05) is 6.07 Å². The quantitative estimate of drug-likeness (QED) is 0.725. The van der Waals surface area contributed by atoms with Gasteiger partial charge in [0.05, 0.1) is 11.8 Å². The molecule has 2 aromatic rings. The lowest BCUT2D eigenvalue weighted by atomic mass is 10.1. The average molecular weight is 452 g/mol. The molecule has 0 radical (unpaired) electrons. The van der Waals surface area contributed by atoms with Crippen LogP contribution in [-0.2, 0) is 14.8 Å². The monoisotopic (exact) mass is 451 g/mol. The van der Waals surface area contributed by atoms with Gasteiger partial charge in [0.1, 0.15) is 5.75 Å². The van der Waals surface area contributed by atoms with Crippen LogP contribution in [0.1, 0.15) is 10.4 Å². The second-order valence-electron chi connectivity index (χ2n) is 6.79. The molecule has 1 N–H and O–H groups in total. The molecular formula is C20H22ClN3O5S. The first kappa shape index (κ1) is 22.1. The second-order valence-corrected chi connectivity index (χ2v) is 9.21. The van der Waals surface area contributed by atoms with Crippen molar-refractivity contribution in [2.45, 2.75) is 0 Å². The molecule has 0 aliphatic carbocycles. The Morgan fingerprint density at radius 3 is 2.37 bits per heavy atom. The highest BCUT2D eigenvalue weighted by Gasteiger charge is 2.26. The number of benzene rings is 2. The first-order chi connectivity index (χ1) is 14.2. The van der Waals surface area contributed by atoms with Gasteiger partial charge in [-0.25, -0.2) is 8.42 Å². The minimum Gasteiger partial charge on any atom is -0.483 e. The summed E-state index contributed by atoms with van der Waals surface area (Å²) in [6, 6.07) is 13.5. The van der Waals surface area contributed by atoms with Crippen molar-refractivity contribution in [3.8, 4) is 5.75 Å². The van der Waals surface area contributed by atoms with Crippen molar-refractivity contribution in [1.29, 1.82) is 0 Å². The van der Waals surface area contributed by atoms with Crippen LogP contribution in [0, 0.1) is 0 Å². The maximum absolute atomic E-state index is 12.7. The van der Waals surface area contributed by atoms with E-state index < -0.39 is 15.9 Å². The number of para-hydroxylation sites is 1. The standard InChI is InChI=1S/C20H22ClN3O5S/c1-30(27,28)24-11-9-23(10-12-24)19(25)14-29-18-8-7-15(21)13-17(18)20(26)22-16-5-3-2-4-6-16/h2-8,13H,9-12,14H2,1H3,(H,22,26). The van der Waals surface area contributed by atoms with Crippen LogP contribution >= 0.6 is 11.6 Å². The molecular weight excluding hydrogens is 430 g/mol. The lowest BCUT2D eigenvalue weighted by molar-refractivity contribution is -0.134. The molecule has 0 atom stereocenters. The van der Waals surface area contributed by atoms with E-state index in [2.05, 4.69) is 5.32 Å². The SMILES string of the molecule is CS(=O)(=O)N1CCN(C(=O)COc2ccc(Cl)cc2C(=O)Nc2ccccc2)CC1. The zero-order valence-corrected chi connectivity index (χ0v) is 17.9. The number of carbonyl (C=O) groups is 2. The molecule has 1 aliphatic heterocycles. The molecule has 0 unspecified atom stereocenters. The topological polar surface area (TPSA) is 96.0 Å². The number of piperazine rings is 1. The van der Waals surface area contributed by atoms with Gasteiger partial charge in [-0.1, -0.05) is 29.8 Å². The molecule has 0 bridgehead atoms. The molecule has 30 heavy (non-hydrogen) atoms. The van der Waals surface area contributed by atoms with Crippen LogP contribution in [0.5, 0.6) is 5.75 Å². The average Bonchev–Trinajstić information content (AvgIpc) is 2.72. The van der Waals surface area contributed by atoms with Crippen LogP contribution in [0.15, 0.2) is 48.5 Å². The van der Waals surface area contributed by atoms with Gasteiger partial charge in [-0.2, -0.15) is 4.31 Å². The van der Waals surface area contributed by atoms with Crippen LogP contribution in [0.4, 0.5) is 5.69 Å². The van der Waals surface area contributed by atoms with Crippen molar-refractivity contribution >= 4 is 39.1 Å². The summed E-state index contributed by atoms with van der Waals surface area (Å²) in [5.74, 6) is -0.462. The van der Waals surface area contributed by atoms with E-state index in [-0.39, 0.29) is 50.0 Å². The minimum atomic E-state index is -3.27. The molecule has 160 valence electrons. The van der Waals surface area contributed by atoms with Gasteiger partial charge in [-0.15, -0.1) is 0 Å². The number of amides is 2. The number of rotatable bonds is 6. The molecule has 3 rings (SSSR count). The number of hydrogen-bond donors (Lipinski definition) is 1. The lowest BCUT2D eigenvalue weighted by Gasteiger charge is -2.33. The maximum atomic E-state index is 12.7. The zero-order chi connectivity index (χ0) is 21.7. The number of carbonyl (C=O) groups excluding carboxylic acids is 2. The molecule has 0 spiro atoms. The number of ether oxygens (including phenoxy) is 1. The normalized spacial score (nSPS) is 14.9. The third-order valence-electron chi connectivity index (χ3n) is 4.63.